The first-order chi connectivity index (χ1) is 9.99. The highest BCUT2D eigenvalue weighted by atomic mass is 32.2. The molecule has 3 atom stereocenters. The van der Waals surface area contributed by atoms with Crippen LogP contribution in [0.2, 0.25) is 0 Å². The van der Waals surface area contributed by atoms with E-state index >= 15 is 0 Å². The van der Waals surface area contributed by atoms with Crippen molar-refractivity contribution in [3.05, 3.63) is 21.9 Å². The molecule has 0 saturated carbocycles. The molecule has 1 aromatic rings. The Hall–Kier alpha value is -0.520. The summed E-state index contributed by atoms with van der Waals surface area (Å²) in [5.41, 5.74) is 0. The van der Waals surface area contributed by atoms with E-state index in [9.17, 15) is 4.79 Å². The van der Waals surface area contributed by atoms with Gasteiger partial charge in [0.15, 0.2) is 0 Å². The zero-order valence-corrected chi connectivity index (χ0v) is 15.2. The lowest BCUT2D eigenvalue weighted by atomic mass is 10.0. The van der Waals surface area contributed by atoms with Crippen LogP contribution in [0.3, 0.4) is 0 Å². The SMILES string of the molecule is CCC(CSC)N1C(=O)C(C(C)C)NC1c1ccc(C)s1. The van der Waals surface area contributed by atoms with Gasteiger partial charge < -0.3 is 4.90 Å². The van der Waals surface area contributed by atoms with Crippen LogP contribution in [0.4, 0.5) is 0 Å². The molecule has 1 aliphatic rings. The molecule has 1 saturated heterocycles. The molecule has 1 aliphatic heterocycles. The minimum Gasteiger partial charge on any atom is -0.317 e. The lowest BCUT2D eigenvalue weighted by Crippen LogP contribution is -2.41. The molecular formula is C16H26N2OS2. The standard InChI is InChI=1S/C16H26N2OS2/c1-6-12(9-20-5)18-15(13-8-7-11(4)21-13)17-14(10(2)3)16(18)19/h7-8,10,12,14-15,17H,6,9H2,1-5H3. The predicted octanol–water partition coefficient (Wildman–Crippen LogP) is 3.65. The van der Waals surface area contributed by atoms with Gasteiger partial charge in [-0.2, -0.15) is 11.8 Å². The van der Waals surface area contributed by atoms with Crippen molar-refractivity contribution in [2.24, 2.45) is 5.92 Å². The van der Waals surface area contributed by atoms with E-state index in [4.69, 9.17) is 0 Å². The van der Waals surface area contributed by atoms with Crippen LogP contribution in [0.5, 0.6) is 0 Å². The number of nitrogens with zero attached hydrogens (tertiary/aromatic N) is 1. The highest BCUT2D eigenvalue weighted by Gasteiger charge is 2.44. The Labute approximate surface area is 136 Å². The first kappa shape index (κ1) is 16.8. The number of rotatable bonds is 6. The number of nitrogens with one attached hydrogen (secondary N) is 1. The van der Waals surface area contributed by atoms with E-state index in [0.29, 0.717) is 12.0 Å². The van der Waals surface area contributed by atoms with E-state index in [1.54, 1.807) is 11.3 Å². The summed E-state index contributed by atoms with van der Waals surface area (Å²) in [4.78, 5) is 17.5. The van der Waals surface area contributed by atoms with Crippen molar-refractivity contribution >= 4 is 29.0 Å². The fourth-order valence-electron chi connectivity index (χ4n) is 2.88. The van der Waals surface area contributed by atoms with Gasteiger partial charge in [0.1, 0.15) is 6.17 Å². The van der Waals surface area contributed by atoms with E-state index in [1.807, 2.05) is 11.8 Å². The maximum absolute atomic E-state index is 12.9. The van der Waals surface area contributed by atoms with Crippen molar-refractivity contribution in [3.63, 3.8) is 0 Å². The summed E-state index contributed by atoms with van der Waals surface area (Å²) in [6.07, 6.45) is 3.15. The molecule has 0 spiro atoms. The maximum Gasteiger partial charge on any atom is 0.241 e. The molecule has 2 rings (SSSR count). The number of thioether (sulfide) groups is 1. The average Bonchev–Trinajstić information content (AvgIpc) is 3.00. The quantitative estimate of drug-likeness (QED) is 0.866. The van der Waals surface area contributed by atoms with Gasteiger partial charge in [0.05, 0.1) is 6.04 Å². The second kappa shape index (κ2) is 7.16. The third-order valence-corrected chi connectivity index (χ3v) is 5.83. The maximum atomic E-state index is 12.9. The molecule has 3 unspecified atom stereocenters. The first-order valence-electron chi connectivity index (χ1n) is 7.63. The summed E-state index contributed by atoms with van der Waals surface area (Å²) in [5, 5.41) is 3.57. The number of hydrogen-bond acceptors (Lipinski definition) is 4. The molecule has 0 aromatic carbocycles. The number of carbonyl (C=O) groups excluding carboxylic acids is 1. The third kappa shape index (κ3) is 3.46. The molecule has 118 valence electrons. The van der Waals surface area contributed by atoms with Crippen LogP contribution in [0.15, 0.2) is 12.1 Å². The van der Waals surface area contributed by atoms with Gasteiger partial charge in [0.25, 0.3) is 0 Å². The lowest BCUT2D eigenvalue weighted by Gasteiger charge is -2.31. The summed E-state index contributed by atoms with van der Waals surface area (Å²) in [6, 6.07) is 4.54. The van der Waals surface area contributed by atoms with Gasteiger partial charge in [-0.25, -0.2) is 0 Å². The average molecular weight is 327 g/mol. The van der Waals surface area contributed by atoms with Gasteiger partial charge in [-0.1, -0.05) is 20.8 Å². The predicted molar refractivity (Wildman–Crippen MR) is 92.9 cm³/mol. The smallest absolute Gasteiger partial charge is 0.241 e. The first-order valence-corrected chi connectivity index (χ1v) is 9.84. The van der Waals surface area contributed by atoms with Crippen LogP contribution in [-0.4, -0.2) is 34.9 Å². The summed E-state index contributed by atoms with van der Waals surface area (Å²) >= 11 is 3.60. The molecular weight excluding hydrogens is 300 g/mol. The molecule has 1 amide bonds. The fourth-order valence-corrected chi connectivity index (χ4v) is 4.60. The molecule has 0 radical (unpaired) electrons. The van der Waals surface area contributed by atoms with Crippen LogP contribution in [0, 0.1) is 12.8 Å². The van der Waals surface area contributed by atoms with Crippen molar-refractivity contribution in [2.45, 2.75) is 52.4 Å². The molecule has 21 heavy (non-hydrogen) atoms. The van der Waals surface area contributed by atoms with Crippen LogP contribution in [0.25, 0.3) is 0 Å². The minimum absolute atomic E-state index is 0.0423. The molecule has 2 heterocycles. The van der Waals surface area contributed by atoms with Gasteiger partial charge in [-0.15, -0.1) is 11.3 Å². The normalized spacial score (nSPS) is 24.1. The molecule has 1 fully saturated rings. The Bertz CT molecular complexity index is 486. The Kier molecular flexibility index (Phi) is 5.74. The number of carbonyl (C=O) groups is 1. The van der Waals surface area contributed by atoms with Crippen LogP contribution in [-0.2, 0) is 4.79 Å². The van der Waals surface area contributed by atoms with Gasteiger partial charge in [0.2, 0.25) is 5.91 Å². The highest BCUT2D eigenvalue weighted by molar-refractivity contribution is 7.98. The van der Waals surface area contributed by atoms with E-state index in [2.05, 4.69) is 56.3 Å². The second-order valence-corrected chi connectivity index (χ2v) is 8.23. The van der Waals surface area contributed by atoms with Crippen molar-refractivity contribution < 1.29 is 4.79 Å². The fraction of sp³-hybridized carbons (Fsp3) is 0.688. The molecule has 5 heteroatoms. The van der Waals surface area contributed by atoms with Crippen molar-refractivity contribution in [1.29, 1.82) is 0 Å². The van der Waals surface area contributed by atoms with Crippen LogP contribution < -0.4 is 5.32 Å². The topological polar surface area (TPSA) is 32.3 Å². The molecule has 1 N–H and O–H groups in total. The largest absolute Gasteiger partial charge is 0.317 e. The van der Waals surface area contributed by atoms with Crippen LogP contribution >= 0.6 is 23.1 Å². The number of amides is 1. The van der Waals surface area contributed by atoms with Gasteiger partial charge in [-0.3, -0.25) is 10.1 Å². The number of thiophene rings is 1. The van der Waals surface area contributed by atoms with E-state index in [0.717, 1.165) is 12.2 Å². The van der Waals surface area contributed by atoms with Gasteiger partial charge >= 0.3 is 0 Å². The van der Waals surface area contributed by atoms with Gasteiger partial charge in [-0.05, 0) is 37.7 Å². The monoisotopic (exact) mass is 326 g/mol. The summed E-state index contributed by atoms with van der Waals surface area (Å²) in [6.45, 7) is 8.53. The molecule has 3 nitrogen and oxygen atoms in total. The molecule has 1 aromatic heterocycles. The third-order valence-electron chi connectivity index (χ3n) is 4.06. The molecule has 0 bridgehead atoms. The summed E-state index contributed by atoms with van der Waals surface area (Å²) in [5.74, 6) is 1.58. The number of hydrogen-bond donors (Lipinski definition) is 1. The summed E-state index contributed by atoms with van der Waals surface area (Å²) < 4.78 is 0. The van der Waals surface area contributed by atoms with E-state index in [1.165, 1.54) is 9.75 Å². The molecule has 0 aliphatic carbocycles. The Morgan fingerprint density at radius 2 is 2.14 bits per heavy atom. The lowest BCUT2D eigenvalue weighted by molar-refractivity contribution is -0.132. The second-order valence-electron chi connectivity index (χ2n) is 6.00. The van der Waals surface area contributed by atoms with Gasteiger partial charge in [0, 0.05) is 21.5 Å². The van der Waals surface area contributed by atoms with E-state index < -0.39 is 0 Å². The van der Waals surface area contributed by atoms with Crippen molar-refractivity contribution in [1.82, 2.24) is 10.2 Å². The van der Waals surface area contributed by atoms with Crippen molar-refractivity contribution in [3.8, 4) is 0 Å². The summed E-state index contributed by atoms with van der Waals surface area (Å²) in [7, 11) is 0. The Morgan fingerprint density at radius 1 is 1.43 bits per heavy atom. The zero-order valence-electron chi connectivity index (χ0n) is 13.6. The van der Waals surface area contributed by atoms with E-state index in [-0.39, 0.29) is 18.1 Å². The zero-order chi connectivity index (χ0) is 15.6. The highest BCUT2D eigenvalue weighted by Crippen LogP contribution is 2.34. The number of aryl methyl sites for hydroxylation is 1. The van der Waals surface area contributed by atoms with Crippen molar-refractivity contribution in [2.75, 3.05) is 12.0 Å². The van der Waals surface area contributed by atoms with Crippen LogP contribution in [0.1, 0.15) is 43.1 Å². The Morgan fingerprint density at radius 3 is 2.62 bits per heavy atom. The minimum atomic E-state index is -0.0617. The Balaban J connectivity index is 2.32.